The van der Waals surface area contributed by atoms with E-state index >= 15 is 0 Å². The molecule has 0 aromatic heterocycles. The molecule has 1 aliphatic rings. The number of benzene rings is 3. The van der Waals surface area contributed by atoms with Gasteiger partial charge in [-0.25, -0.2) is 9.79 Å². The molecule has 1 saturated heterocycles. The smallest absolute Gasteiger partial charge is 0.335 e. The number of carbonyl (C=O) groups is 2. The highest BCUT2D eigenvalue weighted by atomic mass is 79.9. The van der Waals surface area contributed by atoms with E-state index in [-0.39, 0.29) is 23.8 Å². The van der Waals surface area contributed by atoms with Crippen LogP contribution in [0.15, 0.2) is 81.1 Å². The zero-order valence-corrected chi connectivity index (χ0v) is 21.9. The van der Waals surface area contributed by atoms with Crippen LogP contribution in [0.1, 0.15) is 28.4 Å². The number of halogens is 1. The van der Waals surface area contributed by atoms with Crippen molar-refractivity contribution in [2.45, 2.75) is 13.5 Å². The Kier molecular flexibility index (Phi) is 8.04. The summed E-state index contributed by atoms with van der Waals surface area (Å²) in [5, 5.41) is 20.5. The average molecular weight is 582 g/mol. The first kappa shape index (κ1) is 26.1. The zero-order chi connectivity index (χ0) is 26.5. The predicted molar refractivity (Wildman–Crippen MR) is 145 cm³/mol. The lowest BCUT2D eigenvalue weighted by atomic mass is 10.2. The fraction of sp³-hybridized carbons (Fsp3) is 0.115. The van der Waals surface area contributed by atoms with E-state index in [4.69, 9.17) is 9.84 Å². The molecule has 9 nitrogen and oxygen atoms in total. The summed E-state index contributed by atoms with van der Waals surface area (Å²) < 4.78 is 6.49. The molecule has 3 aromatic rings. The minimum absolute atomic E-state index is 0.00202. The number of rotatable bonds is 8. The van der Waals surface area contributed by atoms with Gasteiger partial charge in [0, 0.05) is 18.7 Å². The quantitative estimate of drug-likeness (QED) is 0.189. The van der Waals surface area contributed by atoms with E-state index in [0.717, 1.165) is 5.56 Å². The lowest BCUT2D eigenvalue weighted by Gasteiger charge is -2.12. The van der Waals surface area contributed by atoms with Gasteiger partial charge in [-0.15, -0.1) is 0 Å². The van der Waals surface area contributed by atoms with Crippen molar-refractivity contribution in [1.29, 1.82) is 0 Å². The van der Waals surface area contributed by atoms with Crippen molar-refractivity contribution in [3.63, 3.8) is 0 Å². The molecule has 0 aliphatic carbocycles. The lowest BCUT2D eigenvalue weighted by molar-refractivity contribution is -0.384. The number of carbonyl (C=O) groups excluding carboxylic acids is 1. The average Bonchev–Trinajstić information content (AvgIpc) is 3.17. The van der Waals surface area contributed by atoms with Crippen molar-refractivity contribution in [2.24, 2.45) is 4.99 Å². The highest BCUT2D eigenvalue weighted by Crippen LogP contribution is 2.35. The molecule has 1 heterocycles. The second-order valence-electron chi connectivity index (χ2n) is 7.81. The number of aliphatic imine (C=N–C) groups is 1. The number of hydrogen-bond donors (Lipinski definition) is 1. The Morgan fingerprint density at radius 2 is 1.95 bits per heavy atom. The van der Waals surface area contributed by atoms with Gasteiger partial charge in [-0.3, -0.25) is 19.8 Å². The van der Waals surface area contributed by atoms with Gasteiger partial charge in [-0.1, -0.05) is 18.2 Å². The van der Waals surface area contributed by atoms with E-state index in [1.807, 2.05) is 19.1 Å². The van der Waals surface area contributed by atoms with Gasteiger partial charge in [-0.05, 0) is 88.2 Å². The van der Waals surface area contributed by atoms with Crippen LogP contribution in [0.5, 0.6) is 5.75 Å². The van der Waals surface area contributed by atoms with Gasteiger partial charge in [0.25, 0.3) is 11.6 Å². The number of nitrogens with zero attached hydrogens (tertiary/aromatic N) is 3. The number of nitro groups is 1. The van der Waals surface area contributed by atoms with Crippen molar-refractivity contribution in [3.8, 4) is 5.75 Å². The molecule has 0 spiro atoms. The highest BCUT2D eigenvalue weighted by Gasteiger charge is 2.32. The number of carboxylic acids is 1. The Morgan fingerprint density at radius 1 is 1.19 bits per heavy atom. The first-order valence-corrected chi connectivity index (χ1v) is 12.6. The summed E-state index contributed by atoms with van der Waals surface area (Å²) in [5.41, 5.74) is 2.16. The molecule has 0 unspecified atom stereocenters. The fourth-order valence-corrected chi connectivity index (χ4v) is 5.03. The number of likely N-dealkylation sites (N-methyl/N-ethyl adjacent to an activating group) is 1. The van der Waals surface area contributed by atoms with Crippen LogP contribution >= 0.6 is 27.7 Å². The largest absolute Gasteiger partial charge is 0.488 e. The lowest BCUT2D eigenvalue weighted by Crippen LogP contribution is -2.28. The van der Waals surface area contributed by atoms with Crippen molar-refractivity contribution < 1.29 is 24.4 Å². The summed E-state index contributed by atoms with van der Waals surface area (Å²) >= 11 is 4.73. The Bertz CT molecular complexity index is 1440. The van der Waals surface area contributed by atoms with Gasteiger partial charge in [0.2, 0.25) is 0 Å². The molecule has 1 amide bonds. The van der Waals surface area contributed by atoms with E-state index in [0.29, 0.717) is 38.1 Å². The molecule has 1 N–H and O–H groups in total. The third kappa shape index (κ3) is 6.25. The van der Waals surface area contributed by atoms with E-state index < -0.39 is 10.9 Å². The summed E-state index contributed by atoms with van der Waals surface area (Å²) in [7, 11) is 0. The van der Waals surface area contributed by atoms with Gasteiger partial charge in [0.05, 0.1) is 25.6 Å². The summed E-state index contributed by atoms with van der Waals surface area (Å²) in [5.74, 6) is -0.631. The molecule has 0 saturated carbocycles. The first-order chi connectivity index (χ1) is 17.7. The van der Waals surface area contributed by atoms with E-state index in [9.17, 15) is 19.7 Å². The number of ether oxygens (including phenoxy) is 1. The van der Waals surface area contributed by atoms with Crippen LogP contribution in [0, 0.1) is 10.1 Å². The number of aromatic carboxylic acids is 1. The number of carboxylic acid groups (broad SMARTS) is 1. The van der Waals surface area contributed by atoms with Crippen molar-refractivity contribution >= 4 is 62.2 Å². The van der Waals surface area contributed by atoms with Crippen molar-refractivity contribution in [1.82, 2.24) is 4.90 Å². The molecule has 3 aromatic carbocycles. The van der Waals surface area contributed by atoms with E-state index in [1.54, 1.807) is 41.3 Å². The number of nitro benzene ring substituents is 1. The summed E-state index contributed by atoms with van der Waals surface area (Å²) in [6.45, 7) is 2.45. The van der Waals surface area contributed by atoms with Gasteiger partial charge in [0.1, 0.15) is 12.4 Å². The molecule has 0 atom stereocenters. The second-order valence-corrected chi connectivity index (χ2v) is 9.68. The monoisotopic (exact) mass is 581 g/mol. The topological polar surface area (TPSA) is 122 Å². The molecule has 11 heteroatoms. The molecule has 4 rings (SSSR count). The minimum atomic E-state index is -1.02. The Labute approximate surface area is 224 Å². The molecule has 37 heavy (non-hydrogen) atoms. The SMILES string of the molecule is CCN1C(=O)C(=Cc2ccc(OCc3cccc([N+](=O)[O-])c3)c(Br)c2)SC1=Nc1ccc(C(=O)O)cc1. The third-order valence-corrected chi connectivity index (χ3v) is 6.94. The number of thioether (sulfide) groups is 1. The normalized spacial score (nSPS) is 15.4. The predicted octanol–water partition coefficient (Wildman–Crippen LogP) is 6.26. The molecular formula is C26H20BrN3O6S. The van der Waals surface area contributed by atoms with Crippen LogP contribution in [0.2, 0.25) is 0 Å². The van der Waals surface area contributed by atoms with Crippen LogP contribution in [-0.4, -0.2) is 38.5 Å². The van der Waals surface area contributed by atoms with Gasteiger partial charge < -0.3 is 9.84 Å². The molecular weight excluding hydrogens is 562 g/mol. The zero-order valence-electron chi connectivity index (χ0n) is 19.5. The summed E-state index contributed by atoms with van der Waals surface area (Å²) in [4.78, 5) is 41.1. The first-order valence-electron chi connectivity index (χ1n) is 11.0. The van der Waals surface area contributed by atoms with Crippen molar-refractivity contribution in [3.05, 3.63) is 103 Å². The maximum atomic E-state index is 13.0. The van der Waals surface area contributed by atoms with E-state index in [2.05, 4.69) is 20.9 Å². The molecule has 0 bridgehead atoms. The Hall–Kier alpha value is -3.96. The van der Waals surface area contributed by atoms with Gasteiger partial charge >= 0.3 is 5.97 Å². The van der Waals surface area contributed by atoms with Gasteiger partial charge in [0.15, 0.2) is 5.17 Å². The molecule has 1 aliphatic heterocycles. The second kappa shape index (κ2) is 11.4. The van der Waals surface area contributed by atoms with E-state index in [1.165, 1.54) is 36.0 Å². The van der Waals surface area contributed by atoms with Crippen LogP contribution < -0.4 is 4.74 Å². The van der Waals surface area contributed by atoms with Crippen molar-refractivity contribution in [2.75, 3.05) is 6.54 Å². The third-order valence-electron chi connectivity index (χ3n) is 5.31. The van der Waals surface area contributed by atoms with Crippen LogP contribution in [-0.2, 0) is 11.4 Å². The van der Waals surface area contributed by atoms with Gasteiger partial charge in [-0.2, -0.15) is 0 Å². The van der Waals surface area contributed by atoms with Crippen LogP contribution in [0.3, 0.4) is 0 Å². The van der Waals surface area contributed by atoms with Crippen LogP contribution in [0.25, 0.3) is 6.08 Å². The molecule has 0 radical (unpaired) electrons. The summed E-state index contributed by atoms with van der Waals surface area (Å²) in [6, 6.07) is 17.8. The number of non-ortho nitro benzene ring substituents is 1. The Morgan fingerprint density at radius 3 is 2.59 bits per heavy atom. The number of amides is 1. The minimum Gasteiger partial charge on any atom is -0.488 e. The summed E-state index contributed by atoms with van der Waals surface area (Å²) in [6.07, 6.45) is 1.76. The maximum Gasteiger partial charge on any atom is 0.335 e. The maximum absolute atomic E-state index is 13.0. The molecule has 188 valence electrons. The van der Waals surface area contributed by atoms with Crippen LogP contribution in [0.4, 0.5) is 11.4 Å². The molecule has 1 fully saturated rings. The fourth-order valence-electron chi connectivity index (χ4n) is 3.46. The number of amidine groups is 1. The standard InChI is InChI=1S/C26H20BrN3O6S/c1-2-29-24(31)23(37-26(29)28-19-9-7-18(8-10-19)25(32)33)14-16-6-11-22(21(27)13-16)36-15-17-4-3-5-20(12-17)30(34)35/h3-14H,2,15H2,1H3,(H,32,33). The highest BCUT2D eigenvalue weighted by molar-refractivity contribution is 9.10. The number of hydrogen-bond acceptors (Lipinski definition) is 7. The Balaban J connectivity index is 1.49.